The normalized spacial score (nSPS) is 14.0. The second-order valence-corrected chi connectivity index (χ2v) is 5.38. The van der Waals surface area contributed by atoms with E-state index in [9.17, 15) is 0 Å². The molecule has 4 heteroatoms. The van der Waals surface area contributed by atoms with E-state index in [1.807, 2.05) is 0 Å². The lowest BCUT2D eigenvalue weighted by Gasteiger charge is -2.16. The maximum Gasteiger partial charge on any atom is 0.119 e. The Morgan fingerprint density at radius 2 is 2.05 bits per heavy atom. The van der Waals surface area contributed by atoms with Crippen LogP contribution in [0.15, 0.2) is 24.3 Å². The minimum atomic E-state index is 0.770. The van der Waals surface area contributed by atoms with E-state index in [4.69, 9.17) is 9.72 Å². The molecule has 0 spiro atoms. The molecule has 0 atom stereocenters. The minimum Gasteiger partial charge on any atom is -0.494 e. The summed E-state index contributed by atoms with van der Waals surface area (Å²) in [6, 6.07) is 8.37. The summed E-state index contributed by atoms with van der Waals surface area (Å²) in [7, 11) is 0. The van der Waals surface area contributed by atoms with Gasteiger partial charge in [0, 0.05) is 37.3 Å². The molecule has 0 bridgehead atoms. The van der Waals surface area contributed by atoms with Gasteiger partial charge in [-0.1, -0.05) is 13.8 Å². The summed E-state index contributed by atoms with van der Waals surface area (Å²) in [5.74, 6) is 2.08. The van der Waals surface area contributed by atoms with Crippen LogP contribution in [0.3, 0.4) is 0 Å². The zero-order valence-electron chi connectivity index (χ0n) is 12.9. The average molecular weight is 285 g/mol. The Hall–Kier alpha value is -1.81. The Morgan fingerprint density at radius 3 is 2.76 bits per heavy atom. The third-order valence-electron chi connectivity index (χ3n) is 3.84. The molecule has 0 fully saturated rings. The quantitative estimate of drug-likeness (QED) is 0.918. The van der Waals surface area contributed by atoms with Crippen LogP contribution in [-0.2, 0) is 19.4 Å². The van der Waals surface area contributed by atoms with E-state index < -0.39 is 0 Å². The number of imidazole rings is 1. The number of aromatic nitrogens is 2. The molecule has 0 radical (unpaired) electrons. The topological polar surface area (TPSA) is 39.1 Å². The highest BCUT2D eigenvalue weighted by Gasteiger charge is 2.19. The predicted molar refractivity (Wildman–Crippen MR) is 84.1 cm³/mol. The summed E-state index contributed by atoms with van der Waals surface area (Å²) < 4.78 is 7.98. The number of benzene rings is 1. The van der Waals surface area contributed by atoms with Crippen molar-refractivity contribution >= 4 is 0 Å². The van der Waals surface area contributed by atoms with Gasteiger partial charge in [-0.3, -0.25) is 0 Å². The van der Waals surface area contributed by atoms with Crippen LogP contribution in [0, 0.1) is 0 Å². The first-order valence-corrected chi connectivity index (χ1v) is 7.86. The van der Waals surface area contributed by atoms with Crippen molar-refractivity contribution in [2.24, 2.45) is 0 Å². The van der Waals surface area contributed by atoms with Gasteiger partial charge < -0.3 is 14.6 Å². The van der Waals surface area contributed by atoms with Gasteiger partial charge in [0.05, 0.1) is 12.3 Å². The van der Waals surface area contributed by atoms with Gasteiger partial charge in [-0.15, -0.1) is 0 Å². The van der Waals surface area contributed by atoms with Crippen LogP contribution in [0.2, 0.25) is 0 Å². The van der Waals surface area contributed by atoms with Gasteiger partial charge >= 0.3 is 0 Å². The highest BCUT2D eigenvalue weighted by molar-refractivity contribution is 5.42. The molecule has 0 unspecified atom stereocenters. The molecule has 1 N–H and O–H groups in total. The van der Waals surface area contributed by atoms with Crippen molar-refractivity contribution in [3.8, 4) is 11.4 Å². The highest BCUT2D eigenvalue weighted by Crippen LogP contribution is 2.23. The number of ether oxygens (including phenoxy) is 1. The van der Waals surface area contributed by atoms with Crippen molar-refractivity contribution in [1.82, 2.24) is 14.9 Å². The van der Waals surface area contributed by atoms with Crippen molar-refractivity contribution in [1.29, 1.82) is 0 Å². The van der Waals surface area contributed by atoms with Crippen molar-refractivity contribution in [3.63, 3.8) is 0 Å². The Balaban J connectivity index is 1.94. The van der Waals surface area contributed by atoms with Crippen LogP contribution >= 0.6 is 0 Å². The van der Waals surface area contributed by atoms with Crippen molar-refractivity contribution in [2.45, 2.75) is 39.7 Å². The monoisotopic (exact) mass is 285 g/mol. The maximum atomic E-state index is 5.66. The SMILES string of the molecule is CCCOc1ccc(-n2c(CC)nc3c2CCNC3)cc1. The smallest absolute Gasteiger partial charge is 0.119 e. The molecule has 21 heavy (non-hydrogen) atoms. The molecule has 2 heterocycles. The number of rotatable bonds is 5. The Labute approximate surface area is 126 Å². The first-order valence-electron chi connectivity index (χ1n) is 7.86. The van der Waals surface area contributed by atoms with Gasteiger partial charge in [0.15, 0.2) is 0 Å². The molecule has 0 aliphatic carbocycles. The van der Waals surface area contributed by atoms with Gasteiger partial charge in [0.2, 0.25) is 0 Å². The van der Waals surface area contributed by atoms with Crippen LogP contribution in [0.4, 0.5) is 0 Å². The summed E-state index contributed by atoms with van der Waals surface area (Å²) >= 11 is 0. The second kappa shape index (κ2) is 6.31. The number of nitrogens with one attached hydrogen (secondary N) is 1. The molecule has 1 aromatic carbocycles. The van der Waals surface area contributed by atoms with E-state index in [0.29, 0.717) is 0 Å². The fourth-order valence-corrected chi connectivity index (χ4v) is 2.82. The molecule has 0 saturated heterocycles. The number of hydrogen-bond acceptors (Lipinski definition) is 3. The largest absolute Gasteiger partial charge is 0.494 e. The molecular formula is C17H23N3O. The van der Waals surface area contributed by atoms with E-state index in [1.54, 1.807) is 0 Å². The fourth-order valence-electron chi connectivity index (χ4n) is 2.82. The average Bonchev–Trinajstić information content (AvgIpc) is 2.92. The van der Waals surface area contributed by atoms with E-state index in [0.717, 1.165) is 50.5 Å². The van der Waals surface area contributed by atoms with Gasteiger partial charge in [-0.25, -0.2) is 4.98 Å². The van der Waals surface area contributed by atoms with Gasteiger partial charge in [0.25, 0.3) is 0 Å². The third kappa shape index (κ3) is 2.81. The van der Waals surface area contributed by atoms with Gasteiger partial charge in [-0.2, -0.15) is 0 Å². The molecule has 3 rings (SSSR count). The molecule has 1 aromatic heterocycles. The van der Waals surface area contributed by atoms with E-state index in [-0.39, 0.29) is 0 Å². The zero-order chi connectivity index (χ0) is 14.7. The lowest BCUT2D eigenvalue weighted by molar-refractivity contribution is 0.317. The summed E-state index contributed by atoms with van der Waals surface area (Å²) in [5.41, 5.74) is 3.74. The maximum absolute atomic E-state index is 5.66. The van der Waals surface area contributed by atoms with E-state index in [1.165, 1.54) is 17.1 Å². The van der Waals surface area contributed by atoms with E-state index in [2.05, 4.69) is 48.0 Å². The number of aryl methyl sites for hydroxylation is 1. The summed E-state index contributed by atoms with van der Waals surface area (Å²) in [4.78, 5) is 4.79. The lowest BCUT2D eigenvalue weighted by Crippen LogP contribution is -2.24. The zero-order valence-corrected chi connectivity index (χ0v) is 12.9. The van der Waals surface area contributed by atoms with Crippen LogP contribution in [0.5, 0.6) is 5.75 Å². The highest BCUT2D eigenvalue weighted by atomic mass is 16.5. The van der Waals surface area contributed by atoms with Crippen LogP contribution in [-0.4, -0.2) is 22.7 Å². The molecule has 112 valence electrons. The van der Waals surface area contributed by atoms with Gasteiger partial charge in [0.1, 0.15) is 11.6 Å². The standard InChI is InChI=1S/C17H23N3O/c1-3-11-21-14-7-5-13(6-8-14)20-16-9-10-18-12-15(16)19-17(20)4-2/h5-8,18H,3-4,9-12H2,1-2H3. The fraction of sp³-hybridized carbons (Fsp3) is 0.471. The van der Waals surface area contributed by atoms with Crippen molar-refractivity contribution in [2.75, 3.05) is 13.2 Å². The number of fused-ring (bicyclic) bond motifs is 1. The second-order valence-electron chi connectivity index (χ2n) is 5.38. The van der Waals surface area contributed by atoms with Crippen molar-refractivity contribution < 1.29 is 4.74 Å². The Bertz CT molecular complexity index is 601. The number of hydrogen-bond donors (Lipinski definition) is 1. The van der Waals surface area contributed by atoms with Crippen molar-refractivity contribution in [3.05, 3.63) is 41.5 Å². The van der Waals surface area contributed by atoms with Crippen LogP contribution in [0.1, 0.15) is 37.5 Å². The molecule has 0 saturated carbocycles. The van der Waals surface area contributed by atoms with Crippen LogP contribution < -0.4 is 10.1 Å². The molecule has 2 aromatic rings. The molecular weight excluding hydrogens is 262 g/mol. The van der Waals surface area contributed by atoms with Crippen LogP contribution in [0.25, 0.3) is 5.69 Å². The minimum absolute atomic E-state index is 0.770. The molecule has 4 nitrogen and oxygen atoms in total. The first-order chi connectivity index (χ1) is 10.3. The Kier molecular flexibility index (Phi) is 4.25. The summed E-state index contributed by atoms with van der Waals surface area (Å²) in [6.07, 6.45) is 3.02. The Morgan fingerprint density at radius 1 is 1.24 bits per heavy atom. The summed E-state index contributed by atoms with van der Waals surface area (Å²) in [5, 5.41) is 3.39. The van der Waals surface area contributed by atoms with E-state index >= 15 is 0 Å². The number of nitrogens with zero attached hydrogens (tertiary/aromatic N) is 2. The summed E-state index contributed by atoms with van der Waals surface area (Å²) in [6.45, 7) is 6.96. The lowest BCUT2D eigenvalue weighted by atomic mass is 10.1. The van der Waals surface area contributed by atoms with Gasteiger partial charge in [-0.05, 0) is 30.7 Å². The molecule has 1 aliphatic heterocycles. The first kappa shape index (κ1) is 14.1. The molecule has 0 amide bonds. The predicted octanol–water partition coefficient (Wildman–Crippen LogP) is 2.87. The molecule has 1 aliphatic rings. The third-order valence-corrected chi connectivity index (χ3v) is 3.84.